The zero-order valence-corrected chi connectivity index (χ0v) is 19.3. The standard InChI is InChI=1S/C22H29N3O5S/c1-6-30-20-13-9-17(10-14-20)16(2)23-21(26)15-25(31(5,28)29)19-11-7-18(8-12-19)22(27)24(3)4/h7-14,16H,6,15H2,1-5H3,(H,23,26). The summed E-state index contributed by atoms with van der Waals surface area (Å²) in [6, 6.07) is 13.1. The second kappa shape index (κ2) is 10.3. The normalized spacial score (nSPS) is 12.0. The molecule has 31 heavy (non-hydrogen) atoms. The van der Waals surface area contributed by atoms with Crippen LogP contribution in [0.3, 0.4) is 0 Å². The fourth-order valence-electron chi connectivity index (χ4n) is 2.95. The molecule has 2 aromatic carbocycles. The maximum absolute atomic E-state index is 12.6. The Hall–Kier alpha value is -3.07. The van der Waals surface area contributed by atoms with E-state index in [0.717, 1.165) is 21.9 Å². The number of hydrogen-bond acceptors (Lipinski definition) is 5. The molecule has 0 saturated carbocycles. The zero-order chi connectivity index (χ0) is 23.2. The van der Waals surface area contributed by atoms with Crippen LogP contribution >= 0.6 is 0 Å². The predicted molar refractivity (Wildman–Crippen MR) is 121 cm³/mol. The lowest BCUT2D eigenvalue weighted by atomic mass is 10.1. The Labute approximate surface area is 183 Å². The molecular weight excluding hydrogens is 418 g/mol. The molecule has 1 N–H and O–H groups in total. The molecule has 1 unspecified atom stereocenters. The van der Waals surface area contributed by atoms with Gasteiger partial charge in [0.1, 0.15) is 12.3 Å². The molecule has 0 saturated heterocycles. The molecule has 0 aliphatic heterocycles. The van der Waals surface area contributed by atoms with Crippen LogP contribution in [0, 0.1) is 0 Å². The molecule has 168 valence electrons. The summed E-state index contributed by atoms with van der Waals surface area (Å²) in [5.41, 5.74) is 1.60. The number of carbonyl (C=O) groups excluding carboxylic acids is 2. The first kappa shape index (κ1) is 24.2. The van der Waals surface area contributed by atoms with Crippen molar-refractivity contribution in [1.29, 1.82) is 0 Å². The minimum atomic E-state index is -3.71. The van der Waals surface area contributed by atoms with Crippen LogP contribution < -0.4 is 14.4 Å². The van der Waals surface area contributed by atoms with Gasteiger partial charge in [0.2, 0.25) is 15.9 Å². The zero-order valence-electron chi connectivity index (χ0n) is 18.5. The Morgan fingerprint density at radius 2 is 1.61 bits per heavy atom. The molecule has 2 amide bonds. The van der Waals surface area contributed by atoms with Crippen molar-refractivity contribution in [2.45, 2.75) is 19.9 Å². The summed E-state index contributed by atoms with van der Waals surface area (Å²) in [4.78, 5) is 26.1. The molecular formula is C22H29N3O5S. The SMILES string of the molecule is CCOc1ccc(C(C)NC(=O)CN(c2ccc(C(=O)N(C)C)cc2)S(C)(=O)=O)cc1. The molecule has 1 atom stereocenters. The minimum Gasteiger partial charge on any atom is -0.494 e. The van der Waals surface area contributed by atoms with Gasteiger partial charge in [0.25, 0.3) is 5.91 Å². The lowest BCUT2D eigenvalue weighted by Gasteiger charge is -2.23. The summed E-state index contributed by atoms with van der Waals surface area (Å²) in [6.07, 6.45) is 1.04. The Bertz CT molecular complexity index is 1000. The fraction of sp³-hybridized carbons (Fsp3) is 0.364. The van der Waals surface area contributed by atoms with Crippen molar-refractivity contribution in [3.8, 4) is 5.75 Å². The lowest BCUT2D eigenvalue weighted by Crippen LogP contribution is -2.41. The molecule has 9 heteroatoms. The molecule has 0 fully saturated rings. The van der Waals surface area contributed by atoms with Crippen molar-refractivity contribution in [3.63, 3.8) is 0 Å². The molecule has 0 aromatic heterocycles. The topological polar surface area (TPSA) is 96.0 Å². The average molecular weight is 448 g/mol. The first-order chi connectivity index (χ1) is 14.5. The van der Waals surface area contributed by atoms with E-state index < -0.39 is 15.9 Å². The molecule has 0 heterocycles. The molecule has 0 bridgehead atoms. The van der Waals surface area contributed by atoms with Gasteiger partial charge in [-0.15, -0.1) is 0 Å². The second-order valence-corrected chi connectivity index (χ2v) is 9.21. The van der Waals surface area contributed by atoms with Gasteiger partial charge in [-0.3, -0.25) is 13.9 Å². The largest absolute Gasteiger partial charge is 0.494 e. The van der Waals surface area contributed by atoms with Gasteiger partial charge in [0.15, 0.2) is 0 Å². The van der Waals surface area contributed by atoms with Crippen LogP contribution in [0.15, 0.2) is 48.5 Å². The van der Waals surface area contributed by atoms with Gasteiger partial charge >= 0.3 is 0 Å². The highest BCUT2D eigenvalue weighted by molar-refractivity contribution is 7.92. The fourth-order valence-corrected chi connectivity index (χ4v) is 3.81. The highest BCUT2D eigenvalue weighted by Gasteiger charge is 2.22. The number of hydrogen-bond donors (Lipinski definition) is 1. The van der Waals surface area contributed by atoms with Crippen molar-refractivity contribution >= 4 is 27.5 Å². The van der Waals surface area contributed by atoms with Gasteiger partial charge in [-0.25, -0.2) is 8.42 Å². The molecule has 2 aromatic rings. The van der Waals surface area contributed by atoms with Crippen LogP contribution in [0.4, 0.5) is 5.69 Å². The number of ether oxygens (including phenoxy) is 1. The van der Waals surface area contributed by atoms with E-state index in [9.17, 15) is 18.0 Å². The Morgan fingerprint density at radius 1 is 1.03 bits per heavy atom. The van der Waals surface area contributed by atoms with Gasteiger partial charge < -0.3 is 15.0 Å². The molecule has 8 nitrogen and oxygen atoms in total. The van der Waals surface area contributed by atoms with Gasteiger partial charge in [-0.05, 0) is 55.8 Å². The van der Waals surface area contributed by atoms with Gasteiger partial charge in [0, 0.05) is 19.7 Å². The first-order valence-corrected chi connectivity index (χ1v) is 11.7. The first-order valence-electron chi connectivity index (χ1n) is 9.84. The predicted octanol–water partition coefficient (Wildman–Crippen LogP) is 2.43. The average Bonchev–Trinajstić information content (AvgIpc) is 2.71. The van der Waals surface area contributed by atoms with Crippen molar-refractivity contribution in [2.24, 2.45) is 0 Å². The molecule has 0 aliphatic carbocycles. The van der Waals surface area contributed by atoms with E-state index >= 15 is 0 Å². The minimum absolute atomic E-state index is 0.195. The van der Waals surface area contributed by atoms with E-state index in [1.165, 1.54) is 29.2 Å². The number of amides is 2. The molecule has 0 radical (unpaired) electrons. The summed E-state index contributed by atoms with van der Waals surface area (Å²) in [6.45, 7) is 3.91. The highest BCUT2D eigenvalue weighted by atomic mass is 32.2. The van der Waals surface area contributed by atoms with Crippen molar-refractivity contribution in [1.82, 2.24) is 10.2 Å². The Balaban J connectivity index is 2.12. The van der Waals surface area contributed by atoms with E-state index in [0.29, 0.717) is 17.9 Å². The van der Waals surface area contributed by atoms with Crippen LogP contribution in [-0.4, -0.2) is 58.6 Å². The monoisotopic (exact) mass is 447 g/mol. The smallest absolute Gasteiger partial charge is 0.253 e. The summed E-state index contributed by atoms with van der Waals surface area (Å²) >= 11 is 0. The lowest BCUT2D eigenvalue weighted by molar-refractivity contribution is -0.120. The van der Waals surface area contributed by atoms with Crippen LogP contribution in [0.25, 0.3) is 0 Å². The van der Waals surface area contributed by atoms with Gasteiger partial charge in [-0.1, -0.05) is 12.1 Å². The number of benzene rings is 2. The van der Waals surface area contributed by atoms with E-state index in [2.05, 4.69) is 5.32 Å². The Kier molecular flexibility index (Phi) is 8.04. The number of sulfonamides is 1. The third kappa shape index (κ3) is 6.71. The summed E-state index contributed by atoms with van der Waals surface area (Å²) in [7, 11) is -0.446. The summed E-state index contributed by atoms with van der Waals surface area (Å²) in [5, 5.41) is 2.82. The van der Waals surface area contributed by atoms with Crippen LogP contribution in [0.5, 0.6) is 5.75 Å². The molecule has 0 aliphatic rings. The van der Waals surface area contributed by atoms with Crippen molar-refractivity contribution in [3.05, 3.63) is 59.7 Å². The van der Waals surface area contributed by atoms with E-state index in [1.807, 2.05) is 38.1 Å². The number of nitrogens with one attached hydrogen (secondary N) is 1. The van der Waals surface area contributed by atoms with Gasteiger partial charge in [-0.2, -0.15) is 0 Å². The van der Waals surface area contributed by atoms with Crippen LogP contribution in [-0.2, 0) is 14.8 Å². The summed E-state index contributed by atoms with van der Waals surface area (Å²) < 4.78 is 31.0. The molecule has 0 spiro atoms. The third-order valence-corrected chi connectivity index (χ3v) is 5.71. The second-order valence-electron chi connectivity index (χ2n) is 7.31. The maximum atomic E-state index is 12.6. The van der Waals surface area contributed by atoms with E-state index in [-0.39, 0.29) is 18.5 Å². The maximum Gasteiger partial charge on any atom is 0.253 e. The van der Waals surface area contributed by atoms with E-state index in [1.54, 1.807) is 14.1 Å². The number of rotatable bonds is 9. The number of carbonyl (C=O) groups is 2. The van der Waals surface area contributed by atoms with Gasteiger partial charge in [0.05, 0.1) is 24.6 Å². The van der Waals surface area contributed by atoms with Crippen molar-refractivity contribution in [2.75, 3.05) is 37.8 Å². The van der Waals surface area contributed by atoms with E-state index in [4.69, 9.17) is 4.74 Å². The number of nitrogens with zero attached hydrogens (tertiary/aromatic N) is 2. The van der Waals surface area contributed by atoms with Crippen LogP contribution in [0.2, 0.25) is 0 Å². The number of anilines is 1. The van der Waals surface area contributed by atoms with Crippen LogP contribution in [0.1, 0.15) is 35.8 Å². The third-order valence-electron chi connectivity index (χ3n) is 4.56. The highest BCUT2D eigenvalue weighted by Crippen LogP contribution is 2.20. The molecule has 2 rings (SSSR count). The quantitative estimate of drug-likeness (QED) is 0.637. The van der Waals surface area contributed by atoms with Crippen molar-refractivity contribution < 1.29 is 22.7 Å². The summed E-state index contributed by atoms with van der Waals surface area (Å²) in [5.74, 6) is 0.101. The Morgan fingerprint density at radius 3 is 2.10 bits per heavy atom.